The maximum Gasteiger partial charge on any atom is 0.258 e. The fraction of sp³-hybridized carbons (Fsp3) is 0.667. The zero-order valence-electron chi connectivity index (χ0n) is 10.1. The fourth-order valence-electron chi connectivity index (χ4n) is 2.43. The highest BCUT2D eigenvalue weighted by atomic mass is 16.3. The van der Waals surface area contributed by atoms with E-state index in [2.05, 4.69) is 15.3 Å². The van der Waals surface area contributed by atoms with Crippen molar-refractivity contribution in [1.29, 1.82) is 0 Å². The van der Waals surface area contributed by atoms with E-state index in [1.165, 1.54) is 0 Å². The number of hydrogen-bond donors (Lipinski definition) is 3. The molecule has 0 spiro atoms. The monoisotopic (exact) mass is 237 g/mol. The molecule has 0 aliphatic heterocycles. The number of nitrogens with zero attached hydrogens (tertiary/aromatic N) is 1. The molecule has 1 aliphatic rings. The number of rotatable bonds is 4. The second-order valence-corrected chi connectivity index (χ2v) is 4.51. The number of hydrogen-bond acceptors (Lipinski definition) is 4. The number of aromatic nitrogens is 2. The van der Waals surface area contributed by atoms with Gasteiger partial charge in [0.25, 0.3) is 5.56 Å². The van der Waals surface area contributed by atoms with Crippen LogP contribution in [0, 0.1) is 0 Å². The van der Waals surface area contributed by atoms with Crippen LogP contribution in [0.1, 0.15) is 49.9 Å². The fourth-order valence-corrected chi connectivity index (χ4v) is 2.43. The van der Waals surface area contributed by atoms with Crippen LogP contribution in [0.4, 0.5) is 0 Å². The second-order valence-electron chi connectivity index (χ2n) is 4.51. The van der Waals surface area contributed by atoms with E-state index in [1.807, 2.05) is 6.92 Å². The van der Waals surface area contributed by atoms with Gasteiger partial charge in [0.2, 0.25) is 5.88 Å². The minimum Gasteiger partial charge on any atom is -0.493 e. The summed E-state index contributed by atoms with van der Waals surface area (Å²) in [6.07, 6.45) is 4.21. The molecule has 0 amide bonds. The molecule has 0 aromatic carbocycles. The van der Waals surface area contributed by atoms with Gasteiger partial charge < -0.3 is 15.4 Å². The van der Waals surface area contributed by atoms with Crippen LogP contribution in [-0.4, -0.2) is 21.6 Å². The van der Waals surface area contributed by atoms with Gasteiger partial charge >= 0.3 is 0 Å². The van der Waals surface area contributed by atoms with Crippen molar-refractivity contribution in [1.82, 2.24) is 15.3 Å². The van der Waals surface area contributed by atoms with E-state index in [1.54, 1.807) is 0 Å². The van der Waals surface area contributed by atoms with Crippen LogP contribution in [-0.2, 0) is 6.54 Å². The maximum absolute atomic E-state index is 11.9. The Balaban J connectivity index is 2.25. The summed E-state index contributed by atoms with van der Waals surface area (Å²) in [5.41, 5.74) is 0.292. The van der Waals surface area contributed by atoms with Crippen LogP contribution < -0.4 is 10.9 Å². The van der Waals surface area contributed by atoms with Crippen LogP contribution >= 0.6 is 0 Å². The summed E-state index contributed by atoms with van der Waals surface area (Å²) < 4.78 is 0. The average molecular weight is 237 g/mol. The molecule has 0 atom stereocenters. The molecule has 1 aliphatic carbocycles. The van der Waals surface area contributed by atoms with Gasteiger partial charge in [-0.15, -0.1) is 0 Å². The highest BCUT2D eigenvalue weighted by molar-refractivity contribution is 5.27. The lowest BCUT2D eigenvalue weighted by atomic mass is 10.00. The first-order valence-electron chi connectivity index (χ1n) is 6.25. The Bertz CT molecular complexity index is 436. The number of H-pyrrole nitrogens is 1. The Morgan fingerprint density at radius 3 is 2.76 bits per heavy atom. The summed E-state index contributed by atoms with van der Waals surface area (Å²) in [7, 11) is 0. The minimum absolute atomic E-state index is 0.0893. The predicted octanol–water partition coefficient (Wildman–Crippen LogP) is 1.24. The first-order valence-corrected chi connectivity index (χ1v) is 6.25. The molecule has 0 radical (unpaired) electrons. The normalized spacial score (nSPS) is 16.5. The molecule has 1 aromatic rings. The van der Waals surface area contributed by atoms with Gasteiger partial charge in [-0.1, -0.05) is 19.8 Å². The van der Waals surface area contributed by atoms with E-state index in [9.17, 15) is 9.90 Å². The predicted molar refractivity (Wildman–Crippen MR) is 65.1 cm³/mol. The topological polar surface area (TPSA) is 78.0 Å². The highest BCUT2D eigenvalue weighted by Gasteiger charge is 2.24. The number of aromatic hydroxyl groups is 1. The molecule has 3 N–H and O–H groups in total. The van der Waals surface area contributed by atoms with Crippen molar-refractivity contribution in [2.45, 2.75) is 45.1 Å². The van der Waals surface area contributed by atoms with Gasteiger partial charge in [-0.25, -0.2) is 0 Å². The molecule has 0 bridgehead atoms. The van der Waals surface area contributed by atoms with Crippen LogP contribution in [0.3, 0.4) is 0 Å². The summed E-state index contributed by atoms with van der Waals surface area (Å²) >= 11 is 0. The smallest absolute Gasteiger partial charge is 0.258 e. The lowest BCUT2D eigenvalue weighted by Gasteiger charge is -2.11. The number of nitrogens with one attached hydrogen (secondary N) is 2. The van der Waals surface area contributed by atoms with Crippen LogP contribution in [0.25, 0.3) is 0 Å². The molecule has 1 heterocycles. The third-order valence-electron chi connectivity index (χ3n) is 3.29. The molecule has 1 fully saturated rings. The van der Waals surface area contributed by atoms with E-state index in [4.69, 9.17) is 0 Å². The Labute approximate surface area is 100 Å². The van der Waals surface area contributed by atoms with Gasteiger partial charge in [-0.2, -0.15) is 4.98 Å². The first kappa shape index (κ1) is 12.1. The van der Waals surface area contributed by atoms with Crippen molar-refractivity contribution in [3.63, 3.8) is 0 Å². The Kier molecular flexibility index (Phi) is 3.78. The van der Waals surface area contributed by atoms with Crippen molar-refractivity contribution in [3.05, 3.63) is 21.7 Å². The van der Waals surface area contributed by atoms with E-state index < -0.39 is 0 Å². The van der Waals surface area contributed by atoms with Crippen molar-refractivity contribution in [2.24, 2.45) is 0 Å². The van der Waals surface area contributed by atoms with Gasteiger partial charge in [0.05, 0.1) is 12.1 Å². The SMILES string of the molecule is CCNCc1nc(O)c(C2CCCC2)c(=O)[nH]1. The van der Waals surface area contributed by atoms with E-state index in [0.29, 0.717) is 17.9 Å². The summed E-state index contributed by atoms with van der Waals surface area (Å²) in [5, 5.41) is 12.9. The van der Waals surface area contributed by atoms with Gasteiger partial charge in [0.1, 0.15) is 5.82 Å². The van der Waals surface area contributed by atoms with Gasteiger partial charge in [0.15, 0.2) is 0 Å². The summed E-state index contributed by atoms with van der Waals surface area (Å²) in [6.45, 7) is 3.25. The summed E-state index contributed by atoms with van der Waals surface area (Å²) in [5.74, 6) is 0.587. The third kappa shape index (κ3) is 2.66. The molecule has 1 aromatic heterocycles. The second kappa shape index (κ2) is 5.31. The van der Waals surface area contributed by atoms with E-state index in [0.717, 1.165) is 32.2 Å². The van der Waals surface area contributed by atoms with Crippen LogP contribution in [0.2, 0.25) is 0 Å². The van der Waals surface area contributed by atoms with E-state index >= 15 is 0 Å². The lowest BCUT2D eigenvalue weighted by molar-refractivity contribution is 0.430. The first-order chi connectivity index (χ1) is 8.22. The Morgan fingerprint density at radius 2 is 2.18 bits per heavy atom. The molecule has 94 valence electrons. The Hall–Kier alpha value is -1.36. The van der Waals surface area contributed by atoms with E-state index in [-0.39, 0.29) is 17.4 Å². The summed E-state index contributed by atoms with van der Waals surface area (Å²) in [4.78, 5) is 18.7. The molecule has 1 saturated carbocycles. The molecular formula is C12H19N3O2. The van der Waals surface area contributed by atoms with Crippen molar-refractivity contribution < 1.29 is 5.11 Å². The van der Waals surface area contributed by atoms with Gasteiger partial charge in [-0.05, 0) is 25.3 Å². The van der Waals surface area contributed by atoms with Gasteiger partial charge in [0, 0.05) is 0 Å². The third-order valence-corrected chi connectivity index (χ3v) is 3.29. The maximum atomic E-state index is 11.9. The van der Waals surface area contributed by atoms with Crippen molar-refractivity contribution >= 4 is 0 Å². The van der Waals surface area contributed by atoms with Crippen molar-refractivity contribution in [2.75, 3.05) is 6.54 Å². The zero-order valence-corrected chi connectivity index (χ0v) is 10.1. The molecular weight excluding hydrogens is 218 g/mol. The van der Waals surface area contributed by atoms with Gasteiger partial charge in [-0.3, -0.25) is 4.79 Å². The molecule has 17 heavy (non-hydrogen) atoms. The average Bonchev–Trinajstić information content (AvgIpc) is 2.79. The summed E-state index contributed by atoms with van der Waals surface area (Å²) in [6, 6.07) is 0. The number of aromatic amines is 1. The Morgan fingerprint density at radius 1 is 1.47 bits per heavy atom. The molecule has 2 rings (SSSR count). The molecule has 0 unspecified atom stereocenters. The molecule has 5 heteroatoms. The van der Waals surface area contributed by atoms with Crippen LogP contribution in [0.5, 0.6) is 5.88 Å². The highest BCUT2D eigenvalue weighted by Crippen LogP contribution is 2.35. The largest absolute Gasteiger partial charge is 0.493 e. The van der Waals surface area contributed by atoms with Crippen molar-refractivity contribution in [3.8, 4) is 5.88 Å². The minimum atomic E-state index is -0.183. The van der Waals surface area contributed by atoms with Crippen LogP contribution in [0.15, 0.2) is 4.79 Å². The molecule has 0 saturated heterocycles. The lowest BCUT2D eigenvalue weighted by Crippen LogP contribution is -2.22. The molecule has 5 nitrogen and oxygen atoms in total. The standard InChI is InChI=1S/C12H19N3O2/c1-2-13-7-9-14-11(16)10(12(17)15-9)8-5-3-4-6-8/h8,13H,2-7H2,1H3,(H2,14,15,16,17). The quantitative estimate of drug-likeness (QED) is 0.736. The zero-order chi connectivity index (χ0) is 12.3.